The van der Waals surface area contributed by atoms with Gasteiger partial charge in [0, 0.05) is 4.90 Å². The number of thioether (sulfide) groups is 1. The van der Waals surface area contributed by atoms with Crippen LogP contribution in [-0.2, 0) is 4.79 Å². The molecule has 1 amide bonds. The molecule has 0 spiro atoms. The highest BCUT2D eigenvalue weighted by Crippen LogP contribution is 2.22. The number of likely N-dealkylation sites (N-methyl/N-ethyl adjacent to an activating group) is 1. The third-order valence-corrected chi connectivity index (χ3v) is 4.18. The van der Waals surface area contributed by atoms with E-state index in [4.69, 9.17) is 0 Å². The van der Waals surface area contributed by atoms with Crippen LogP contribution >= 0.6 is 11.8 Å². The molecule has 0 radical (unpaired) electrons. The Labute approximate surface area is 121 Å². The van der Waals surface area contributed by atoms with Crippen molar-refractivity contribution in [3.63, 3.8) is 0 Å². The molecule has 0 unspecified atom stereocenters. The van der Waals surface area contributed by atoms with Crippen molar-refractivity contribution in [1.29, 1.82) is 0 Å². The van der Waals surface area contributed by atoms with Gasteiger partial charge >= 0.3 is 0 Å². The summed E-state index contributed by atoms with van der Waals surface area (Å²) in [5.74, 6) is -1.14. The van der Waals surface area contributed by atoms with E-state index in [9.17, 15) is 13.6 Å². The van der Waals surface area contributed by atoms with Gasteiger partial charge in [-0.15, -0.1) is 11.8 Å². The van der Waals surface area contributed by atoms with Crippen LogP contribution in [0.4, 0.5) is 8.78 Å². The number of piperazine rings is 1. The minimum absolute atomic E-state index is 0.0690. The first-order chi connectivity index (χ1) is 9.54. The Morgan fingerprint density at radius 2 is 2.10 bits per heavy atom. The lowest BCUT2D eigenvalue weighted by atomic mass is 10.3. The number of rotatable bonds is 4. The average Bonchev–Trinajstić information content (AvgIpc) is 2.42. The zero-order valence-electron chi connectivity index (χ0n) is 11.3. The normalized spacial score (nSPS) is 17.1. The van der Waals surface area contributed by atoms with Gasteiger partial charge in [-0.2, -0.15) is 0 Å². The Morgan fingerprint density at radius 1 is 1.40 bits per heavy atom. The molecule has 1 heterocycles. The third-order valence-electron chi connectivity index (χ3n) is 3.15. The van der Waals surface area contributed by atoms with Crippen LogP contribution in [0.2, 0.25) is 0 Å². The summed E-state index contributed by atoms with van der Waals surface area (Å²) in [6.45, 7) is 3.56. The molecule has 0 atom stereocenters. The number of hydrazine groups is 1. The van der Waals surface area contributed by atoms with Crippen LogP contribution < -0.4 is 10.3 Å². The van der Waals surface area contributed by atoms with E-state index in [2.05, 4.69) is 12.5 Å². The summed E-state index contributed by atoms with van der Waals surface area (Å²) in [5, 5.41) is 1.87. The summed E-state index contributed by atoms with van der Waals surface area (Å²) < 4.78 is 26.4. The summed E-state index contributed by atoms with van der Waals surface area (Å²) in [5.41, 5.74) is 2.79. The lowest BCUT2D eigenvalue weighted by Crippen LogP contribution is -3.12. The monoisotopic (exact) mass is 302 g/mol. The van der Waals surface area contributed by atoms with Gasteiger partial charge in [-0.05, 0) is 18.2 Å². The maximum Gasteiger partial charge on any atom is 0.244 e. The van der Waals surface area contributed by atoms with E-state index in [1.165, 1.54) is 4.90 Å². The maximum absolute atomic E-state index is 13.4. The van der Waals surface area contributed by atoms with E-state index < -0.39 is 11.6 Å². The van der Waals surface area contributed by atoms with Gasteiger partial charge in [0.05, 0.1) is 39.0 Å². The van der Waals surface area contributed by atoms with Gasteiger partial charge in [-0.25, -0.2) is 13.8 Å². The number of nitrogens with one attached hydrogen (secondary N) is 2. The summed E-state index contributed by atoms with van der Waals surface area (Å²) in [6.07, 6.45) is 0. The van der Waals surface area contributed by atoms with E-state index in [0.29, 0.717) is 0 Å². The molecule has 1 aliphatic rings. The molecule has 1 saturated heterocycles. The van der Waals surface area contributed by atoms with Crippen molar-refractivity contribution in [1.82, 2.24) is 10.4 Å². The molecule has 0 aromatic heterocycles. The SMILES string of the molecule is C[NH+]1CCN(NC(=O)CSc2cc(F)ccc2F)CC1. The van der Waals surface area contributed by atoms with E-state index in [1.807, 2.05) is 5.01 Å². The standard InChI is InChI=1S/C13H17F2N3OS/c1-17-4-6-18(7-5-17)16-13(19)9-20-12-8-10(14)2-3-11(12)15/h2-3,8H,4-7,9H2,1H3,(H,16,19)/p+1. The zero-order chi connectivity index (χ0) is 14.5. The van der Waals surface area contributed by atoms with Crippen LogP contribution in [0.15, 0.2) is 23.1 Å². The second-order valence-electron chi connectivity index (χ2n) is 4.84. The predicted molar refractivity (Wildman–Crippen MR) is 73.4 cm³/mol. The first-order valence-electron chi connectivity index (χ1n) is 6.48. The predicted octanol–water partition coefficient (Wildman–Crippen LogP) is -0.0816. The number of benzene rings is 1. The lowest BCUT2D eigenvalue weighted by molar-refractivity contribution is -0.884. The highest BCUT2D eigenvalue weighted by Gasteiger charge is 2.18. The van der Waals surface area contributed by atoms with Gasteiger partial charge in [0.15, 0.2) is 0 Å². The van der Waals surface area contributed by atoms with Gasteiger partial charge in [-0.3, -0.25) is 10.2 Å². The first-order valence-corrected chi connectivity index (χ1v) is 7.47. The molecule has 1 aromatic carbocycles. The number of carbonyl (C=O) groups excluding carboxylic acids is 1. The highest BCUT2D eigenvalue weighted by molar-refractivity contribution is 8.00. The molecular formula is C13H18F2N3OS+. The average molecular weight is 302 g/mol. The largest absolute Gasteiger partial charge is 0.335 e. The molecule has 0 saturated carbocycles. The van der Waals surface area contributed by atoms with Gasteiger partial charge in [-0.1, -0.05) is 0 Å². The van der Waals surface area contributed by atoms with Crippen molar-refractivity contribution >= 4 is 17.7 Å². The van der Waals surface area contributed by atoms with E-state index >= 15 is 0 Å². The van der Waals surface area contributed by atoms with Gasteiger partial charge in [0.25, 0.3) is 0 Å². The number of nitrogens with zero attached hydrogens (tertiary/aromatic N) is 1. The van der Waals surface area contributed by atoms with E-state index in [-0.39, 0.29) is 16.6 Å². The van der Waals surface area contributed by atoms with E-state index in [0.717, 1.165) is 56.1 Å². The topological polar surface area (TPSA) is 36.8 Å². The fraction of sp³-hybridized carbons (Fsp3) is 0.462. The first kappa shape index (κ1) is 15.2. The van der Waals surface area contributed by atoms with Crippen LogP contribution in [0.3, 0.4) is 0 Å². The van der Waals surface area contributed by atoms with Gasteiger partial charge in [0.2, 0.25) is 5.91 Å². The fourth-order valence-electron chi connectivity index (χ4n) is 1.94. The molecule has 2 N–H and O–H groups in total. The number of quaternary nitrogens is 1. The lowest BCUT2D eigenvalue weighted by Gasteiger charge is -2.30. The molecule has 1 aromatic rings. The van der Waals surface area contributed by atoms with Crippen molar-refractivity contribution in [2.75, 3.05) is 39.0 Å². The van der Waals surface area contributed by atoms with Crippen LogP contribution in [0, 0.1) is 11.6 Å². The second kappa shape index (κ2) is 7.01. The van der Waals surface area contributed by atoms with Crippen molar-refractivity contribution in [3.05, 3.63) is 29.8 Å². The van der Waals surface area contributed by atoms with Gasteiger partial charge in [0.1, 0.15) is 11.6 Å². The smallest absolute Gasteiger partial charge is 0.244 e. The Kier molecular flexibility index (Phi) is 5.33. The Balaban J connectivity index is 1.79. The van der Waals surface area contributed by atoms with Crippen LogP contribution in [-0.4, -0.2) is 49.9 Å². The summed E-state index contributed by atoms with van der Waals surface area (Å²) in [4.78, 5) is 13.4. The Bertz CT molecular complexity index is 479. The molecule has 0 aliphatic carbocycles. The molecule has 2 rings (SSSR count). The third kappa shape index (κ3) is 4.43. The molecule has 1 aliphatic heterocycles. The van der Waals surface area contributed by atoms with Crippen molar-refractivity contribution < 1.29 is 18.5 Å². The Hall–Kier alpha value is -1.18. The van der Waals surface area contributed by atoms with Crippen LogP contribution in [0.5, 0.6) is 0 Å². The summed E-state index contributed by atoms with van der Waals surface area (Å²) in [6, 6.07) is 3.23. The van der Waals surface area contributed by atoms with Crippen molar-refractivity contribution in [3.8, 4) is 0 Å². The molecule has 110 valence electrons. The summed E-state index contributed by atoms with van der Waals surface area (Å²) >= 11 is 1.000. The number of carbonyl (C=O) groups is 1. The Morgan fingerprint density at radius 3 is 2.80 bits per heavy atom. The molecular weight excluding hydrogens is 284 g/mol. The van der Waals surface area contributed by atoms with Crippen molar-refractivity contribution in [2.45, 2.75) is 4.90 Å². The second-order valence-corrected chi connectivity index (χ2v) is 5.86. The number of hydrogen-bond acceptors (Lipinski definition) is 3. The number of halogens is 2. The fourth-order valence-corrected chi connectivity index (χ4v) is 2.69. The molecule has 1 fully saturated rings. The summed E-state index contributed by atoms with van der Waals surface area (Å²) in [7, 11) is 2.11. The molecule has 4 nitrogen and oxygen atoms in total. The quantitative estimate of drug-likeness (QED) is 0.764. The van der Waals surface area contributed by atoms with Crippen LogP contribution in [0.1, 0.15) is 0 Å². The zero-order valence-corrected chi connectivity index (χ0v) is 12.1. The molecule has 0 bridgehead atoms. The minimum Gasteiger partial charge on any atom is -0.335 e. The highest BCUT2D eigenvalue weighted by atomic mass is 32.2. The molecule has 7 heteroatoms. The van der Waals surface area contributed by atoms with Crippen molar-refractivity contribution in [2.24, 2.45) is 0 Å². The molecule has 20 heavy (non-hydrogen) atoms. The van der Waals surface area contributed by atoms with Gasteiger partial charge < -0.3 is 4.90 Å². The number of amides is 1. The number of hydrogen-bond donors (Lipinski definition) is 2. The maximum atomic E-state index is 13.4. The van der Waals surface area contributed by atoms with E-state index in [1.54, 1.807) is 0 Å². The minimum atomic E-state index is -0.507. The van der Waals surface area contributed by atoms with Crippen LogP contribution in [0.25, 0.3) is 0 Å².